The van der Waals surface area contributed by atoms with Crippen LogP contribution in [0.25, 0.3) is 0 Å². The summed E-state index contributed by atoms with van der Waals surface area (Å²) < 4.78 is 0. The molecule has 0 aromatic heterocycles. The lowest BCUT2D eigenvalue weighted by molar-refractivity contribution is 0.257. The van der Waals surface area contributed by atoms with Crippen LogP contribution in [0.3, 0.4) is 0 Å². The van der Waals surface area contributed by atoms with Gasteiger partial charge >= 0.3 is 0 Å². The molecule has 0 saturated carbocycles. The largest absolute Gasteiger partial charge is 0.314 e. The average Bonchev–Trinajstić information content (AvgIpc) is 2.32. The Bertz CT molecular complexity index is 265. The summed E-state index contributed by atoms with van der Waals surface area (Å²) in [6.07, 6.45) is 3.46. The van der Waals surface area contributed by atoms with Gasteiger partial charge in [0.15, 0.2) is 0 Å². The van der Waals surface area contributed by atoms with Gasteiger partial charge in [0, 0.05) is 32.7 Å². The highest BCUT2D eigenvalue weighted by Gasteiger charge is 2.08. The maximum absolute atomic E-state index is 3.37. The zero-order valence-electron chi connectivity index (χ0n) is 9.15. The van der Waals surface area contributed by atoms with Crippen LogP contribution in [0.15, 0.2) is 30.3 Å². The highest BCUT2D eigenvalue weighted by atomic mass is 15.2. The van der Waals surface area contributed by atoms with Crippen LogP contribution in [0.1, 0.15) is 5.56 Å². The van der Waals surface area contributed by atoms with Gasteiger partial charge in [-0.15, -0.1) is 0 Å². The molecular formula is C13H19N2. The van der Waals surface area contributed by atoms with Gasteiger partial charge in [0.05, 0.1) is 0 Å². The van der Waals surface area contributed by atoms with Crippen LogP contribution in [0.4, 0.5) is 0 Å². The van der Waals surface area contributed by atoms with Crippen LogP contribution in [0.2, 0.25) is 0 Å². The standard InChI is InChI=1S/C13H19N2/c1-2-5-13(6-3-1)7-4-10-15-11-8-14-9-12-15/h1-6,14H,7-12H2. The van der Waals surface area contributed by atoms with Gasteiger partial charge < -0.3 is 10.2 Å². The Morgan fingerprint density at radius 1 is 1.13 bits per heavy atom. The number of benzene rings is 1. The molecule has 1 heterocycles. The Balaban J connectivity index is 1.66. The van der Waals surface area contributed by atoms with Crippen molar-refractivity contribution in [2.24, 2.45) is 0 Å². The van der Waals surface area contributed by atoms with Crippen molar-refractivity contribution >= 4 is 0 Å². The van der Waals surface area contributed by atoms with Crippen LogP contribution >= 0.6 is 0 Å². The summed E-state index contributed by atoms with van der Waals surface area (Å²) in [4.78, 5) is 2.50. The molecular weight excluding hydrogens is 184 g/mol. The average molecular weight is 203 g/mol. The van der Waals surface area contributed by atoms with Crippen molar-refractivity contribution in [1.29, 1.82) is 0 Å². The van der Waals surface area contributed by atoms with E-state index in [1.165, 1.54) is 18.7 Å². The zero-order valence-corrected chi connectivity index (χ0v) is 9.15. The van der Waals surface area contributed by atoms with E-state index in [1.54, 1.807) is 0 Å². The monoisotopic (exact) mass is 203 g/mol. The zero-order chi connectivity index (χ0) is 10.3. The number of nitrogens with zero attached hydrogens (tertiary/aromatic N) is 1. The second-order valence-corrected chi connectivity index (χ2v) is 4.03. The van der Waals surface area contributed by atoms with Crippen LogP contribution in [0, 0.1) is 6.42 Å². The molecule has 1 radical (unpaired) electrons. The SMILES string of the molecule is [CH](Cc1ccccc1)CN1CCNCC1. The lowest BCUT2D eigenvalue weighted by atomic mass is 10.1. The van der Waals surface area contributed by atoms with Crippen molar-refractivity contribution in [3.8, 4) is 0 Å². The van der Waals surface area contributed by atoms with E-state index in [0.717, 1.165) is 26.1 Å². The van der Waals surface area contributed by atoms with E-state index in [1.807, 2.05) is 0 Å². The molecule has 81 valence electrons. The normalized spacial score (nSPS) is 17.9. The lowest BCUT2D eigenvalue weighted by Crippen LogP contribution is -2.43. The van der Waals surface area contributed by atoms with E-state index in [0.29, 0.717) is 0 Å². The van der Waals surface area contributed by atoms with Crippen LogP contribution in [-0.2, 0) is 6.42 Å². The summed E-state index contributed by atoms with van der Waals surface area (Å²) in [7, 11) is 0. The molecule has 0 unspecified atom stereocenters. The van der Waals surface area contributed by atoms with Gasteiger partial charge in [-0.2, -0.15) is 0 Å². The van der Waals surface area contributed by atoms with E-state index in [-0.39, 0.29) is 0 Å². The van der Waals surface area contributed by atoms with Crippen molar-refractivity contribution < 1.29 is 0 Å². The fourth-order valence-corrected chi connectivity index (χ4v) is 1.92. The Kier molecular flexibility index (Phi) is 4.18. The Hall–Kier alpha value is -0.860. The lowest BCUT2D eigenvalue weighted by Gasteiger charge is -2.26. The first kappa shape index (κ1) is 10.7. The summed E-state index contributed by atoms with van der Waals surface area (Å²) in [5.41, 5.74) is 1.41. The summed E-state index contributed by atoms with van der Waals surface area (Å²) in [5, 5.41) is 3.37. The molecule has 1 N–H and O–H groups in total. The molecule has 0 atom stereocenters. The molecule has 2 nitrogen and oxygen atoms in total. The third kappa shape index (κ3) is 3.65. The van der Waals surface area contributed by atoms with Gasteiger partial charge in [-0.05, 0) is 18.4 Å². The maximum Gasteiger partial charge on any atom is 0.0107 e. The number of nitrogens with one attached hydrogen (secondary N) is 1. The fourth-order valence-electron chi connectivity index (χ4n) is 1.92. The smallest absolute Gasteiger partial charge is 0.0107 e. The fraction of sp³-hybridized carbons (Fsp3) is 0.462. The van der Waals surface area contributed by atoms with Crippen LogP contribution in [-0.4, -0.2) is 37.6 Å². The molecule has 15 heavy (non-hydrogen) atoms. The van der Waals surface area contributed by atoms with Gasteiger partial charge in [-0.1, -0.05) is 30.3 Å². The van der Waals surface area contributed by atoms with Gasteiger partial charge in [-0.25, -0.2) is 0 Å². The second-order valence-electron chi connectivity index (χ2n) is 4.03. The minimum absolute atomic E-state index is 1.09. The highest BCUT2D eigenvalue weighted by Crippen LogP contribution is 2.03. The molecule has 1 aromatic carbocycles. The molecule has 2 heteroatoms. The van der Waals surface area contributed by atoms with Crippen molar-refractivity contribution in [3.63, 3.8) is 0 Å². The summed E-state index contributed by atoms with van der Waals surface area (Å²) >= 11 is 0. The Morgan fingerprint density at radius 3 is 2.60 bits per heavy atom. The third-order valence-corrected chi connectivity index (χ3v) is 2.82. The third-order valence-electron chi connectivity index (χ3n) is 2.82. The number of hydrogen-bond donors (Lipinski definition) is 1. The quantitative estimate of drug-likeness (QED) is 0.794. The van der Waals surface area contributed by atoms with Crippen molar-refractivity contribution in [2.45, 2.75) is 6.42 Å². The Morgan fingerprint density at radius 2 is 1.87 bits per heavy atom. The molecule has 0 bridgehead atoms. The first-order chi connectivity index (χ1) is 7.45. The topological polar surface area (TPSA) is 15.3 Å². The van der Waals surface area contributed by atoms with E-state index >= 15 is 0 Å². The van der Waals surface area contributed by atoms with Gasteiger partial charge in [0.1, 0.15) is 0 Å². The summed E-state index contributed by atoms with van der Waals surface area (Å²) in [6, 6.07) is 10.7. The first-order valence-corrected chi connectivity index (χ1v) is 5.74. The van der Waals surface area contributed by atoms with Crippen molar-refractivity contribution in [1.82, 2.24) is 10.2 Å². The molecule has 1 saturated heterocycles. The van der Waals surface area contributed by atoms with E-state index in [4.69, 9.17) is 0 Å². The highest BCUT2D eigenvalue weighted by molar-refractivity contribution is 5.16. The molecule has 1 aliphatic rings. The van der Waals surface area contributed by atoms with Crippen molar-refractivity contribution in [2.75, 3.05) is 32.7 Å². The molecule has 1 aliphatic heterocycles. The van der Waals surface area contributed by atoms with Gasteiger partial charge in [0.2, 0.25) is 0 Å². The minimum Gasteiger partial charge on any atom is -0.314 e. The molecule has 0 amide bonds. The van der Waals surface area contributed by atoms with E-state index in [2.05, 4.69) is 47.0 Å². The minimum atomic E-state index is 1.09. The van der Waals surface area contributed by atoms with Crippen molar-refractivity contribution in [3.05, 3.63) is 42.3 Å². The predicted octanol–water partition coefficient (Wildman–Crippen LogP) is 1.34. The number of rotatable bonds is 4. The molecule has 1 aromatic rings. The summed E-state index contributed by atoms with van der Waals surface area (Å²) in [5.74, 6) is 0. The van der Waals surface area contributed by atoms with E-state index < -0.39 is 0 Å². The van der Waals surface area contributed by atoms with Gasteiger partial charge in [-0.3, -0.25) is 0 Å². The summed E-state index contributed by atoms with van der Waals surface area (Å²) in [6.45, 7) is 5.77. The van der Waals surface area contributed by atoms with E-state index in [9.17, 15) is 0 Å². The second kappa shape index (κ2) is 5.89. The molecule has 1 fully saturated rings. The molecule has 0 spiro atoms. The van der Waals surface area contributed by atoms with Crippen LogP contribution < -0.4 is 5.32 Å². The molecule has 2 rings (SSSR count). The number of hydrogen-bond acceptors (Lipinski definition) is 2. The predicted molar refractivity (Wildman–Crippen MR) is 63.8 cm³/mol. The molecule has 0 aliphatic carbocycles. The number of piperazine rings is 1. The van der Waals surface area contributed by atoms with Gasteiger partial charge in [0.25, 0.3) is 0 Å². The van der Waals surface area contributed by atoms with Crippen LogP contribution in [0.5, 0.6) is 0 Å². The first-order valence-electron chi connectivity index (χ1n) is 5.74. The Labute approximate surface area is 92.3 Å². The maximum atomic E-state index is 3.37.